The number of carbonyl (C=O) groups is 3. The maximum absolute atomic E-state index is 13.7. The second kappa shape index (κ2) is 9.68. The maximum atomic E-state index is 13.7. The van der Waals surface area contributed by atoms with Crippen molar-refractivity contribution in [3.63, 3.8) is 0 Å². The summed E-state index contributed by atoms with van der Waals surface area (Å²) < 4.78 is 21.4. The lowest BCUT2D eigenvalue weighted by molar-refractivity contribution is -0.151. The summed E-state index contributed by atoms with van der Waals surface area (Å²) in [6, 6.07) is 5.22. The molecule has 0 bridgehead atoms. The predicted molar refractivity (Wildman–Crippen MR) is 121 cm³/mol. The summed E-state index contributed by atoms with van der Waals surface area (Å²) in [5.74, 6) is -2.45. The molecule has 1 aliphatic carbocycles. The Morgan fingerprint density at radius 2 is 1.82 bits per heavy atom. The molecule has 3 rings (SSSR count). The molecule has 8 nitrogen and oxygen atoms in total. The topological polar surface area (TPSA) is 100 Å². The van der Waals surface area contributed by atoms with Crippen molar-refractivity contribution < 1.29 is 33.3 Å². The third-order valence-electron chi connectivity index (χ3n) is 6.06. The van der Waals surface area contributed by atoms with E-state index in [1.807, 2.05) is 6.92 Å². The molecule has 3 atom stereocenters. The van der Waals surface area contributed by atoms with Crippen molar-refractivity contribution in [3.05, 3.63) is 46.3 Å². The van der Waals surface area contributed by atoms with Gasteiger partial charge in [0.25, 0.3) is 0 Å². The molecular weight excluding hydrogens is 426 g/mol. The van der Waals surface area contributed by atoms with Gasteiger partial charge in [-0.05, 0) is 39.2 Å². The van der Waals surface area contributed by atoms with Crippen LogP contribution in [0.2, 0.25) is 0 Å². The van der Waals surface area contributed by atoms with Gasteiger partial charge in [0.2, 0.25) is 0 Å². The van der Waals surface area contributed by atoms with E-state index in [0.717, 1.165) is 0 Å². The number of carbonyl (C=O) groups excluding carboxylic acids is 3. The Hall–Kier alpha value is -3.29. The SMILES string of the molecule is COC(=O)[C@@H]1C(=O)C2=C(C[C@@H]1C)NC(C)=C(C(=O)OC(C)C)[C@@H]2c1ccc(OC)cc1OC. The maximum Gasteiger partial charge on any atom is 0.337 e. The molecule has 8 heteroatoms. The van der Waals surface area contributed by atoms with Crippen LogP contribution in [-0.2, 0) is 23.9 Å². The van der Waals surface area contributed by atoms with E-state index in [0.29, 0.717) is 46.0 Å². The highest BCUT2D eigenvalue weighted by atomic mass is 16.5. The van der Waals surface area contributed by atoms with Crippen LogP contribution in [0.25, 0.3) is 0 Å². The lowest BCUT2D eigenvalue weighted by Crippen LogP contribution is -2.43. The molecular formula is C25H31NO7. The summed E-state index contributed by atoms with van der Waals surface area (Å²) in [6.07, 6.45) is 0.108. The highest BCUT2D eigenvalue weighted by Crippen LogP contribution is 2.48. The van der Waals surface area contributed by atoms with Crippen molar-refractivity contribution in [1.29, 1.82) is 0 Å². The van der Waals surface area contributed by atoms with Crippen molar-refractivity contribution in [1.82, 2.24) is 5.32 Å². The minimum Gasteiger partial charge on any atom is -0.497 e. The number of nitrogens with one attached hydrogen (secondary N) is 1. The number of ketones is 1. The largest absolute Gasteiger partial charge is 0.497 e. The number of rotatable bonds is 6. The van der Waals surface area contributed by atoms with Gasteiger partial charge in [0.1, 0.15) is 17.4 Å². The van der Waals surface area contributed by atoms with Crippen LogP contribution in [0.15, 0.2) is 40.7 Å². The normalized spacial score (nSPS) is 22.5. The van der Waals surface area contributed by atoms with E-state index in [1.54, 1.807) is 46.1 Å². The molecule has 1 N–H and O–H groups in total. The highest BCUT2D eigenvalue weighted by molar-refractivity contribution is 6.12. The number of ether oxygens (including phenoxy) is 4. The third kappa shape index (κ3) is 4.47. The zero-order valence-corrected chi connectivity index (χ0v) is 20.1. The van der Waals surface area contributed by atoms with Crippen molar-refractivity contribution >= 4 is 17.7 Å². The van der Waals surface area contributed by atoms with Crippen LogP contribution < -0.4 is 14.8 Å². The second-order valence-electron chi connectivity index (χ2n) is 8.60. The van der Waals surface area contributed by atoms with Crippen LogP contribution in [0, 0.1) is 11.8 Å². The van der Waals surface area contributed by atoms with Gasteiger partial charge >= 0.3 is 11.9 Å². The van der Waals surface area contributed by atoms with E-state index in [1.165, 1.54) is 14.2 Å². The average molecular weight is 458 g/mol. The Bertz CT molecular complexity index is 1040. The monoisotopic (exact) mass is 457 g/mol. The molecule has 0 saturated heterocycles. The van der Waals surface area contributed by atoms with Crippen LogP contribution >= 0.6 is 0 Å². The summed E-state index contributed by atoms with van der Waals surface area (Å²) in [4.78, 5) is 39.5. The molecule has 0 saturated carbocycles. The van der Waals surface area contributed by atoms with E-state index in [-0.39, 0.29) is 17.8 Å². The van der Waals surface area contributed by atoms with E-state index in [2.05, 4.69) is 5.32 Å². The molecule has 1 aromatic rings. The fraction of sp³-hybridized carbons (Fsp3) is 0.480. The van der Waals surface area contributed by atoms with Gasteiger partial charge in [0.15, 0.2) is 5.78 Å². The molecule has 0 amide bonds. The van der Waals surface area contributed by atoms with Gasteiger partial charge in [0.05, 0.1) is 38.9 Å². The first-order valence-electron chi connectivity index (χ1n) is 10.9. The second-order valence-corrected chi connectivity index (χ2v) is 8.60. The number of benzene rings is 1. The number of hydrogen-bond acceptors (Lipinski definition) is 8. The van der Waals surface area contributed by atoms with Crippen LogP contribution in [0.5, 0.6) is 11.5 Å². The Kier molecular flexibility index (Phi) is 7.15. The predicted octanol–water partition coefficient (Wildman–Crippen LogP) is 3.27. The van der Waals surface area contributed by atoms with Gasteiger partial charge in [-0.25, -0.2) is 4.79 Å². The van der Waals surface area contributed by atoms with Gasteiger partial charge in [-0.1, -0.05) is 13.0 Å². The molecule has 1 aromatic carbocycles. The fourth-order valence-electron chi connectivity index (χ4n) is 4.60. The molecule has 33 heavy (non-hydrogen) atoms. The molecule has 0 aromatic heterocycles. The number of hydrogen-bond donors (Lipinski definition) is 1. The zero-order chi connectivity index (χ0) is 24.4. The first-order chi connectivity index (χ1) is 15.6. The van der Waals surface area contributed by atoms with Gasteiger partial charge < -0.3 is 24.3 Å². The molecule has 2 aliphatic rings. The summed E-state index contributed by atoms with van der Waals surface area (Å²) in [6.45, 7) is 7.15. The van der Waals surface area contributed by atoms with Gasteiger partial charge in [0, 0.05) is 28.6 Å². The van der Waals surface area contributed by atoms with Gasteiger partial charge in [-0.2, -0.15) is 0 Å². The highest BCUT2D eigenvalue weighted by Gasteiger charge is 2.48. The third-order valence-corrected chi connectivity index (χ3v) is 6.06. The van der Waals surface area contributed by atoms with E-state index >= 15 is 0 Å². The standard InChI is InChI=1S/C25H31NO7/c1-12(2)33-25(29)20-14(4)26-17-10-13(3)19(24(28)32-7)23(27)22(17)21(20)16-9-8-15(30-5)11-18(16)31-6/h8-9,11-13,19,21,26H,10H2,1-7H3/t13-,19-,21-/m0/s1. The molecule has 1 aliphatic heterocycles. The Balaban J connectivity index is 2.25. The lowest BCUT2D eigenvalue weighted by atomic mass is 9.69. The van der Waals surface area contributed by atoms with Crippen LogP contribution in [0.3, 0.4) is 0 Å². The first-order valence-corrected chi connectivity index (χ1v) is 10.9. The first kappa shape index (κ1) is 24.4. The van der Waals surface area contributed by atoms with Crippen LogP contribution in [0.4, 0.5) is 0 Å². The molecule has 178 valence electrons. The quantitative estimate of drug-likeness (QED) is 0.513. The molecule has 0 unspecified atom stereocenters. The fourth-order valence-corrected chi connectivity index (χ4v) is 4.60. The number of dihydropyridines is 1. The van der Waals surface area contributed by atoms with E-state index in [9.17, 15) is 14.4 Å². The Morgan fingerprint density at radius 1 is 1.12 bits per heavy atom. The smallest absolute Gasteiger partial charge is 0.337 e. The van der Waals surface area contributed by atoms with Gasteiger partial charge in [-0.3, -0.25) is 9.59 Å². The molecule has 0 spiro atoms. The minimum atomic E-state index is -0.955. The van der Waals surface area contributed by atoms with Crippen LogP contribution in [0.1, 0.15) is 45.6 Å². The number of methoxy groups -OCH3 is 3. The summed E-state index contributed by atoms with van der Waals surface area (Å²) in [5.41, 5.74) is 2.55. The molecule has 1 heterocycles. The van der Waals surface area contributed by atoms with Crippen molar-refractivity contribution in [2.75, 3.05) is 21.3 Å². The number of Topliss-reactive ketones (excluding diaryl/α,β-unsaturated/α-hetero) is 1. The van der Waals surface area contributed by atoms with Crippen molar-refractivity contribution in [2.45, 2.75) is 46.1 Å². The van der Waals surface area contributed by atoms with Crippen molar-refractivity contribution in [3.8, 4) is 11.5 Å². The van der Waals surface area contributed by atoms with Gasteiger partial charge in [-0.15, -0.1) is 0 Å². The van der Waals surface area contributed by atoms with Crippen molar-refractivity contribution in [2.24, 2.45) is 11.8 Å². The lowest BCUT2D eigenvalue weighted by Gasteiger charge is -2.38. The molecule has 0 radical (unpaired) electrons. The molecule has 0 fully saturated rings. The van der Waals surface area contributed by atoms with E-state index < -0.39 is 23.8 Å². The minimum absolute atomic E-state index is 0.258. The van der Waals surface area contributed by atoms with E-state index in [4.69, 9.17) is 18.9 Å². The average Bonchev–Trinajstić information content (AvgIpc) is 2.76. The van der Waals surface area contributed by atoms with Crippen LogP contribution in [-0.4, -0.2) is 45.2 Å². The summed E-state index contributed by atoms with van der Waals surface area (Å²) >= 11 is 0. The Labute approximate surface area is 193 Å². The summed E-state index contributed by atoms with van der Waals surface area (Å²) in [5, 5.41) is 3.24. The number of esters is 2. The zero-order valence-electron chi connectivity index (χ0n) is 20.1. The Morgan fingerprint density at radius 3 is 2.39 bits per heavy atom. The summed E-state index contributed by atoms with van der Waals surface area (Å²) in [7, 11) is 4.33. The number of allylic oxidation sites excluding steroid dienone is 3.